The van der Waals surface area contributed by atoms with Gasteiger partial charge in [0.25, 0.3) is 5.91 Å². The molecule has 10 nitrogen and oxygen atoms in total. The minimum absolute atomic E-state index is 0.168. The lowest BCUT2D eigenvalue weighted by atomic mass is 10.0. The number of para-hydroxylation sites is 1. The van der Waals surface area contributed by atoms with Crippen molar-refractivity contribution in [2.75, 3.05) is 40.3 Å². The first-order chi connectivity index (χ1) is 17.2. The average Bonchev–Trinajstić information content (AvgIpc) is 2.82. The Bertz CT molecular complexity index is 889. The van der Waals surface area contributed by atoms with Crippen molar-refractivity contribution >= 4 is 23.6 Å². The maximum absolute atomic E-state index is 13.1. The standard InChI is InChI=1S/C26H41N5O5/c1-18(2)16-20-25(34)28-13-9-15-36-22-11-6-5-10-19(22)24(33)30-21(17-23(32)29-20)26(35)27-12-7-8-14-31(3)4/h5-6,10-11,18,20-21H,7-9,12-17H2,1-4H3,(H,27,35)(H,28,34)(H,29,32)(H,30,33)/t20-,21+/m1/s1. The molecular weight excluding hydrogens is 462 g/mol. The molecule has 0 aliphatic carbocycles. The molecule has 0 saturated heterocycles. The number of hydrogen-bond acceptors (Lipinski definition) is 6. The highest BCUT2D eigenvalue weighted by atomic mass is 16.5. The maximum atomic E-state index is 13.1. The van der Waals surface area contributed by atoms with Crippen molar-refractivity contribution in [2.24, 2.45) is 5.92 Å². The maximum Gasteiger partial charge on any atom is 0.255 e. The zero-order valence-corrected chi connectivity index (χ0v) is 21.9. The summed E-state index contributed by atoms with van der Waals surface area (Å²) in [7, 11) is 3.97. The molecule has 1 aliphatic heterocycles. The molecule has 200 valence electrons. The van der Waals surface area contributed by atoms with Crippen LogP contribution in [0.4, 0.5) is 0 Å². The molecule has 0 bridgehead atoms. The lowest BCUT2D eigenvalue weighted by Gasteiger charge is -2.22. The Labute approximate surface area is 213 Å². The lowest BCUT2D eigenvalue weighted by molar-refractivity contribution is -0.131. The van der Waals surface area contributed by atoms with Gasteiger partial charge in [-0.05, 0) is 64.4 Å². The molecule has 1 heterocycles. The minimum atomic E-state index is -1.10. The Hall–Kier alpha value is -3.14. The van der Waals surface area contributed by atoms with Crippen LogP contribution in [-0.2, 0) is 14.4 Å². The topological polar surface area (TPSA) is 129 Å². The molecule has 1 aromatic carbocycles. The molecule has 10 heteroatoms. The number of carbonyl (C=O) groups is 4. The summed E-state index contributed by atoms with van der Waals surface area (Å²) in [4.78, 5) is 53.8. The van der Waals surface area contributed by atoms with Crippen LogP contribution < -0.4 is 26.0 Å². The third-order valence-corrected chi connectivity index (χ3v) is 5.71. The van der Waals surface area contributed by atoms with Crippen molar-refractivity contribution in [3.05, 3.63) is 29.8 Å². The molecule has 0 saturated carbocycles. The molecule has 0 unspecified atom stereocenters. The van der Waals surface area contributed by atoms with Crippen LogP contribution in [0.25, 0.3) is 0 Å². The zero-order chi connectivity index (χ0) is 26.5. The number of nitrogens with zero attached hydrogens (tertiary/aromatic N) is 1. The Morgan fingerprint density at radius 2 is 1.89 bits per heavy atom. The van der Waals surface area contributed by atoms with Crippen LogP contribution in [0.15, 0.2) is 24.3 Å². The van der Waals surface area contributed by atoms with Gasteiger partial charge in [0.05, 0.1) is 18.6 Å². The molecule has 1 aromatic rings. The van der Waals surface area contributed by atoms with Crippen molar-refractivity contribution in [1.82, 2.24) is 26.2 Å². The van der Waals surface area contributed by atoms with Gasteiger partial charge in [-0.3, -0.25) is 19.2 Å². The van der Waals surface area contributed by atoms with Crippen LogP contribution in [0.5, 0.6) is 5.75 Å². The monoisotopic (exact) mass is 503 g/mol. The van der Waals surface area contributed by atoms with E-state index in [4.69, 9.17) is 4.74 Å². The molecule has 1 aliphatic rings. The summed E-state index contributed by atoms with van der Waals surface area (Å²) in [5.41, 5.74) is 0.276. The van der Waals surface area contributed by atoms with E-state index in [0.29, 0.717) is 38.3 Å². The van der Waals surface area contributed by atoms with E-state index >= 15 is 0 Å². The summed E-state index contributed by atoms with van der Waals surface area (Å²) in [5, 5.41) is 11.1. The van der Waals surface area contributed by atoms with Gasteiger partial charge < -0.3 is 30.9 Å². The normalized spacial score (nSPS) is 19.8. The van der Waals surface area contributed by atoms with Gasteiger partial charge in [-0.15, -0.1) is 0 Å². The van der Waals surface area contributed by atoms with E-state index in [1.54, 1.807) is 24.3 Å². The fraction of sp³-hybridized carbons (Fsp3) is 0.615. The van der Waals surface area contributed by atoms with E-state index in [1.165, 1.54) is 0 Å². The molecule has 2 rings (SSSR count). The fourth-order valence-electron chi connectivity index (χ4n) is 3.84. The molecule has 0 radical (unpaired) electrons. The number of fused-ring (bicyclic) bond motifs is 1. The molecule has 0 aromatic heterocycles. The predicted octanol–water partition coefficient (Wildman–Crippen LogP) is 1.06. The number of nitrogens with one attached hydrogen (secondary N) is 4. The lowest BCUT2D eigenvalue weighted by Crippen LogP contribution is -2.52. The predicted molar refractivity (Wildman–Crippen MR) is 138 cm³/mol. The average molecular weight is 504 g/mol. The van der Waals surface area contributed by atoms with Gasteiger partial charge in [0.1, 0.15) is 17.8 Å². The summed E-state index contributed by atoms with van der Waals surface area (Å²) >= 11 is 0. The van der Waals surface area contributed by atoms with Crippen molar-refractivity contribution in [2.45, 2.75) is 58.0 Å². The molecule has 0 spiro atoms. The Balaban J connectivity index is 2.21. The van der Waals surface area contributed by atoms with E-state index in [1.807, 2.05) is 27.9 Å². The highest BCUT2D eigenvalue weighted by Crippen LogP contribution is 2.18. The highest BCUT2D eigenvalue weighted by molar-refractivity contribution is 6.01. The van der Waals surface area contributed by atoms with Crippen molar-refractivity contribution in [1.29, 1.82) is 0 Å². The third kappa shape index (κ3) is 10.2. The SMILES string of the molecule is CC(C)C[C@H]1NC(=O)C[C@@H](C(=O)NCCCCN(C)C)NC(=O)c2ccccc2OCCCNC1=O. The van der Waals surface area contributed by atoms with Crippen molar-refractivity contribution in [3.8, 4) is 5.75 Å². The molecule has 2 atom stereocenters. The van der Waals surface area contributed by atoms with E-state index < -0.39 is 29.8 Å². The Morgan fingerprint density at radius 1 is 1.14 bits per heavy atom. The minimum Gasteiger partial charge on any atom is -0.493 e. The molecule has 4 N–H and O–H groups in total. The number of ether oxygens (including phenoxy) is 1. The van der Waals surface area contributed by atoms with Gasteiger partial charge in [-0.2, -0.15) is 0 Å². The highest BCUT2D eigenvalue weighted by Gasteiger charge is 2.28. The molecule has 4 amide bonds. The van der Waals surface area contributed by atoms with Gasteiger partial charge in [0, 0.05) is 13.1 Å². The first-order valence-corrected chi connectivity index (χ1v) is 12.7. The quantitative estimate of drug-likeness (QED) is 0.393. The number of carbonyl (C=O) groups excluding carboxylic acids is 4. The van der Waals surface area contributed by atoms with Gasteiger partial charge in [0.15, 0.2) is 0 Å². The third-order valence-electron chi connectivity index (χ3n) is 5.71. The number of unbranched alkanes of at least 4 members (excludes halogenated alkanes) is 1. The van der Waals surface area contributed by atoms with E-state index in [0.717, 1.165) is 19.4 Å². The van der Waals surface area contributed by atoms with Crippen LogP contribution in [0, 0.1) is 5.92 Å². The van der Waals surface area contributed by atoms with Crippen LogP contribution in [0.2, 0.25) is 0 Å². The van der Waals surface area contributed by atoms with E-state index in [2.05, 4.69) is 26.2 Å². The van der Waals surface area contributed by atoms with Gasteiger partial charge in [-0.1, -0.05) is 26.0 Å². The Morgan fingerprint density at radius 3 is 2.61 bits per heavy atom. The summed E-state index contributed by atoms with van der Waals surface area (Å²) in [5.74, 6) is -1.17. The first-order valence-electron chi connectivity index (χ1n) is 12.7. The largest absolute Gasteiger partial charge is 0.493 e. The van der Waals surface area contributed by atoms with Crippen LogP contribution in [0.1, 0.15) is 56.3 Å². The van der Waals surface area contributed by atoms with Gasteiger partial charge in [0.2, 0.25) is 17.7 Å². The molecule has 0 fully saturated rings. The van der Waals surface area contributed by atoms with E-state index in [9.17, 15) is 19.2 Å². The summed E-state index contributed by atoms with van der Waals surface area (Å²) in [6.45, 7) is 5.92. The van der Waals surface area contributed by atoms with E-state index in [-0.39, 0.29) is 23.8 Å². The van der Waals surface area contributed by atoms with Crippen molar-refractivity contribution in [3.63, 3.8) is 0 Å². The van der Waals surface area contributed by atoms with Crippen LogP contribution in [0.3, 0.4) is 0 Å². The molecule has 36 heavy (non-hydrogen) atoms. The Kier molecular flexibility index (Phi) is 12.2. The number of amides is 4. The second kappa shape index (κ2) is 15.1. The fourth-order valence-corrected chi connectivity index (χ4v) is 3.84. The second-order valence-corrected chi connectivity index (χ2v) is 9.77. The summed E-state index contributed by atoms with van der Waals surface area (Å²) in [6, 6.07) is 4.91. The number of rotatable bonds is 8. The second-order valence-electron chi connectivity index (χ2n) is 9.77. The van der Waals surface area contributed by atoms with Gasteiger partial charge >= 0.3 is 0 Å². The molecular formula is C26H41N5O5. The number of benzene rings is 1. The van der Waals surface area contributed by atoms with Crippen LogP contribution >= 0.6 is 0 Å². The zero-order valence-electron chi connectivity index (χ0n) is 21.9. The summed E-state index contributed by atoms with van der Waals surface area (Å²) < 4.78 is 5.79. The van der Waals surface area contributed by atoms with Crippen LogP contribution in [-0.4, -0.2) is 80.9 Å². The summed E-state index contributed by atoms with van der Waals surface area (Å²) in [6.07, 6.45) is 2.36. The first kappa shape index (κ1) is 29.1. The van der Waals surface area contributed by atoms with Gasteiger partial charge in [-0.25, -0.2) is 0 Å². The van der Waals surface area contributed by atoms with Crippen molar-refractivity contribution < 1.29 is 23.9 Å². The smallest absolute Gasteiger partial charge is 0.255 e. The number of hydrogen-bond donors (Lipinski definition) is 4.